The average Bonchev–Trinajstić information content (AvgIpc) is 2.64. The van der Waals surface area contributed by atoms with E-state index in [0.29, 0.717) is 0 Å². The molecule has 1 aliphatic heterocycles. The maximum atomic E-state index is 11.7. The molecule has 0 aromatic heterocycles. The second kappa shape index (κ2) is 11.1. The Labute approximate surface area is 152 Å². The number of para-hydroxylation sites is 1. The van der Waals surface area contributed by atoms with Gasteiger partial charge in [-0.2, -0.15) is 0 Å². The van der Waals surface area contributed by atoms with Gasteiger partial charge in [0.2, 0.25) is 0 Å². The van der Waals surface area contributed by atoms with Crippen molar-refractivity contribution in [3.05, 3.63) is 30.3 Å². The molecular formula is C20H33N3O2. The number of piperidine rings is 1. The van der Waals surface area contributed by atoms with Gasteiger partial charge in [-0.15, -0.1) is 0 Å². The number of hydrogen-bond donors (Lipinski definition) is 1. The molecule has 2 rings (SSSR count). The van der Waals surface area contributed by atoms with E-state index in [-0.39, 0.29) is 12.5 Å². The van der Waals surface area contributed by atoms with E-state index in [1.54, 1.807) is 0 Å². The molecule has 1 saturated heterocycles. The third kappa shape index (κ3) is 7.88. The normalized spacial score (nSPS) is 16.1. The van der Waals surface area contributed by atoms with E-state index >= 15 is 0 Å². The molecule has 0 radical (unpaired) electrons. The molecule has 0 unspecified atom stereocenters. The monoisotopic (exact) mass is 347 g/mol. The zero-order valence-corrected chi connectivity index (χ0v) is 15.7. The third-order valence-corrected chi connectivity index (χ3v) is 4.93. The van der Waals surface area contributed by atoms with Crippen LogP contribution in [0.4, 0.5) is 0 Å². The Hall–Kier alpha value is -1.59. The standard InChI is InChI=1S/C20H33N3O2/c1-22-15-11-18(12-16-22)23(2)14-8-4-7-13-21-20(24)17-25-19-9-5-3-6-10-19/h3,5-6,9-10,18H,4,7-8,11-17H2,1-2H3,(H,21,24). The van der Waals surface area contributed by atoms with Crippen LogP contribution in [0, 0.1) is 0 Å². The Morgan fingerprint density at radius 2 is 1.92 bits per heavy atom. The summed E-state index contributed by atoms with van der Waals surface area (Å²) >= 11 is 0. The van der Waals surface area contributed by atoms with Gasteiger partial charge in [-0.1, -0.05) is 24.6 Å². The Morgan fingerprint density at radius 1 is 1.20 bits per heavy atom. The fraction of sp³-hybridized carbons (Fsp3) is 0.650. The molecule has 1 aliphatic rings. The van der Waals surface area contributed by atoms with Crippen LogP contribution in [0.1, 0.15) is 32.1 Å². The highest BCUT2D eigenvalue weighted by atomic mass is 16.5. The fourth-order valence-electron chi connectivity index (χ4n) is 3.23. The Kier molecular flexibility index (Phi) is 8.77. The molecule has 5 nitrogen and oxygen atoms in total. The lowest BCUT2D eigenvalue weighted by molar-refractivity contribution is -0.123. The molecule has 0 spiro atoms. The highest BCUT2D eigenvalue weighted by Gasteiger charge is 2.19. The van der Waals surface area contributed by atoms with Gasteiger partial charge in [0.1, 0.15) is 5.75 Å². The summed E-state index contributed by atoms with van der Waals surface area (Å²) in [7, 11) is 4.45. The van der Waals surface area contributed by atoms with Crippen molar-refractivity contribution < 1.29 is 9.53 Å². The Bertz CT molecular complexity index is 487. The van der Waals surface area contributed by atoms with Crippen LogP contribution in [0.5, 0.6) is 5.75 Å². The third-order valence-electron chi connectivity index (χ3n) is 4.93. The van der Waals surface area contributed by atoms with E-state index in [1.807, 2.05) is 30.3 Å². The maximum absolute atomic E-state index is 11.7. The number of nitrogens with one attached hydrogen (secondary N) is 1. The molecule has 1 heterocycles. The maximum Gasteiger partial charge on any atom is 0.257 e. The van der Waals surface area contributed by atoms with Crippen molar-refractivity contribution in [1.29, 1.82) is 0 Å². The van der Waals surface area contributed by atoms with Crippen LogP contribution in [0.15, 0.2) is 30.3 Å². The van der Waals surface area contributed by atoms with Crippen LogP contribution < -0.4 is 10.1 Å². The zero-order chi connectivity index (χ0) is 17.9. The number of amides is 1. The molecule has 0 atom stereocenters. The van der Waals surface area contributed by atoms with Crippen molar-refractivity contribution in [1.82, 2.24) is 15.1 Å². The van der Waals surface area contributed by atoms with Gasteiger partial charge in [-0.25, -0.2) is 0 Å². The van der Waals surface area contributed by atoms with Gasteiger partial charge in [-0.05, 0) is 71.5 Å². The quantitative estimate of drug-likeness (QED) is 0.660. The van der Waals surface area contributed by atoms with Crippen molar-refractivity contribution in [2.24, 2.45) is 0 Å². The second-order valence-electron chi connectivity index (χ2n) is 7.03. The summed E-state index contributed by atoms with van der Waals surface area (Å²) < 4.78 is 5.43. The largest absolute Gasteiger partial charge is 0.484 e. The lowest BCUT2D eigenvalue weighted by atomic mass is 10.0. The van der Waals surface area contributed by atoms with Crippen LogP contribution in [-0.2, 0) is 4.79 Å². The number of rotatable bonds is 10. The lowest BCUT2D eigenvalue weighted by Crippen LogP contribution is -2.42. The number of carbonyl (C=O) groups excluding carboxylic acids is 1. The predicted molar refractivity (Wildman–Crippen MR) is 102 cm³/mol. The lowest BCUT2D eigenvalue weighted by Gasteiger charge is -2.35. The smallest absolute Gasteiger partial charge is 0.257 e. The minimum atomic E-state index is -0.0488. The molecule has 1 aromatic carbocycles. The van der Waals surface area contributed by atoms with E-state index in [9.17, 15) is 4.79 Å². The number of likely N-dealkylation sites (tertiary alicyclic amines) is 1. The van der Waals surface area contributed by atoms with Crippen molar-refractivity contribution >= 4 is 5.91 Å². The van der Waals surface area contributed by atoms with Crippen LogP contribution >= 0.6 is 0 Å². The minimum Gasteiger partial charge on any atom is -0.484 e. The number of benzene rings is 1. The number of nitrogens with zero attached hydrogens (tertiary/aromatic N) is 2. The molecule has 25 heavy (non-hydrogen) atoms. The summed E-state index contributed by atoms with van der Waals surface area (Å²) in [4.78, 5) is 16.7. The topological polar surface area (TPSA) is 44.8 Å². The summed E-state index contributed by atoms with van der Waals surface area (Å²) in [5, 5.41) is 2.93. The first-order chi connectivity index (χ1) is 12.1. The van der Waals surface area contributed by atoms with Gasteiger partial charge in [-0.3, -0.25) is 4.79 Å². The van der Waals surface area contributed by atoms with Gasteiger partial charge in [0.15, 0.2) is 6.61 Å². The van der Waals surface area contributed by atoms with Crippen molar-refractivity contribution in [2.45, 2.75) is 38.1 Å². The molecule has 1 amide bonds. The molecule has 140 valence electrons. The summed E-state index contributed by atoms with van der Waals surface area (Å²) in [5.74, 6) is 0.682. The molecular weight excluding hydrogens is 314 g/mol. The summed E-state index contributed by atoms with van der Waals surface area (Å²) in [6.45, 7) is 4.40. The number of unbranched alkanes of at least 4 members (excludes halogenated alkanes) is 2. The molecule has 1 aromatic rings. The van der Waals surface area contributed by atoms with E-state index in [0.717, 1.165) is 37.7 Å². The Balaban J connectivity index is 1.45. The van der Waals surface area contributed by atoms with Crippen molar-refractivity contribution in [3.8, 4) is 5.75 Å². The first-order valence-corrected chi connectivity index (χ1v) is 9.48. The summed E-state index contributed by atoms with van der Waals surface area (Å²) in [5.41, 5.74) is 0. The molecule has 0 saturated carbocycles. The van der Waals surface area contributed by atoms with Crippen LogP contribution in [0.3, 0.4) is 0 Å². The van der Waals surface area contributed by atoms with E-state index in [1.165, 1.54) is 32.4 Å². The van der Waals surface area contributed by atoms with E-state index in [4.69, 9.17) is 4.74 Å². The highest BCUT2D eigenvalue weighted by molar-refractivity contribution is 5.77. The fourth-order valence-corrected chi connectivity index (χ4v) is 3.23. The summed E-state index contributed by atoms with van der Waals surface area (Å²) in [6.07, 6.45) is 5.93. The van der Waals surface area contributed by atoms with E-state index < -0.39 is 0 Å². The number of carbonyl (C=O) groups is 1. The van der Waals surface area contributed by atoms with Gasteiger partial charge >= 0.3 is 0 Å². The van der Waals surface area contributed by atoms with Crippen LogP contribution in [-0.4, -0.2) is 68.6 Å². The molecule has 0 aliphatic carbocycles. The van der Waals surface area contributed by atoms with Gasteiger partial charge < -0.3 is 19.9 Å². The van der Waals surface area contributed by atoms with Gasteiger partial charge in [0.05, 0.1) is 0 Å². The second-order valence-corrected chi connectivity index (χ2v) is 7.03. The molecule has 0 bridgehead atoms. The van der Waals surface area contributed by atoms with Crippen molar-refractivity contribution in [3.63, 3.8) is 0 Å². The first-order valence-electron chi connectivity index (χ1n) is 9.48. The SMILES string of the molecule is CN1CCC(N(C)CCCCCNC(=O)COc2ccccc2)CC1. The zero-order valence-electron chi connectivity index (χ0n) is 15.7. The Morgan fingerprint density at radius 3 is 2.64 bits per heavy atom. The molecule has 5 heteroatoms. The highest BCUT2D eigenvalue weighted by Crippen LogP contribution is 2.14. The number of hydrogen-bond acceptors (Lipinski definition) is 4. The van der Waals surface area contributed by atoms with Crippen LogP contribution in [0.25, 0.3) is 0 Å². The summed E-state index contributed by atoms with van der Waals surface area (Å²) in [6, 6.07) is 10.2. The average molecular weight is 348 g/mol. The predicted octanol–water partition coefficient (Wildman–Crippen LogP) is 2.38. The molecule has 1 N–H and O–H groups in total. The number of ether oxygens (including phenoxy) is 1. The first kappa shape index (κ1) is 19.7. The minimum absolute atomic E-state index is 0.0488. The van der Waals surface area contributed by atoms with Gasteiger partial charge in [0, 0.05) is 12.6 Å². The van der Waals surface area contributed by atoms with Crippen LogP contribution in [0.2, 0.25) is 0 Å². The molecule has 1 fully saturated rings. The van der Waals surface area contributed by atoms with E-state index in [2.05, 4.69) is 29.2 Å². The van der Waals surface area contributed by atoms with Gasteiger partial charge in [0.25, 0.3) is 5.91 Å². The van der Waals surface area contributed by atoms with Crippen molar-refractivity contribution in [2.75, 3.05) is 46.9 Å².